The van der Waals surface area contributed by atoms with Crippen molar-refractivity contribution in [1.29, 1.82) is 0 Å². The van der Waals surface area contributed by atoms with Gasteiger partial charge in [0.05, 0.1) is 0 Å². The zero-order valence-corrected chi connectivity index (χ0v) is 8.76. The fourth-order valence-corrected chi connectivity index (χ4v) is 1.70. The van der Waals surface area contributed by atoms with E-state index < -0.39 is 0 Å². The van der Waals surface area contributed by atoms with E-state index in [9.17, 15) is 9.90 Å². The van der Waals surface area contributed by atoms with Crippen LogP contribution in [-0.2, 0) is 6.42 Å². The van der Waals surface area contributed by atoms with Gasteiger partial charge in [0.25, 0.3) is 0 Å². The number of carbonyl (C=O) groups is 1. The average molecular weight is 212 g/mol. The molecule has 0 fully saturated rings. The number of benzene rings is 2. The van der Waals surface area contributed by atoms with Gasteiger partial charge in [-0.15, -0.1) is 0 Å². The van der Waals surface area contributed by atoms with E-state index in [1.54, 1.807) is 18.2 Å². The van der Waals surface area contributed by atoms with Crippen molar-refractivity contribution in [3.8, 4) is 5.75 Å². The van der Waals surface area contributed by atoms with Crippen LogP contribution in [0.3, 0.4) is 0 Å². The highest BCUT2D eigenvalue weighted by molar-refractivity contribution is 5.78. The Kier molecular flexibility index (Phi) is 3.01. The summed E-state index contributed by atoms with van der Waals surface area (Å²) < 4.78 is 0. The molecule has 0 atom stereocenters. The molecule has 0 bridgehead atoms. The van der Waals surface area contributed by atoms with Crippen molar-refractivity contribution in [2.75, 3.05) is 0 Å². The number of aldehydes is 1. The molecule has 0 saturated heterocycles. The summed E-state index contributed by atoms with van der Waals surface area (Å²) in [7, 11) is 0. The summed E-state index contributed by atoms with van der Waals surface area (Å²) in [5.74, 6) is 0.174. The zero-order valence-electron chi connectivity index (χ0n) is 8.76. The Hall–Kier alpha value is -2.09. The second-order valence-corrected chi connectivity index (χ2v) is 3.63. The highest BCUT2D eigenvalue weighted by atomic mass is 16.3. The Bertz CT molecular complexity index is 489. The standard InChI is InChI=1S/C14H12O2/c15-10-12-7-4-8-14(16)13(12)9-11-5-2-1-3-6-11/h1-8,10,16H,9H2. The third-order valence-electron chi connectivity index (χ3n) is 2.54. The molecule has 0 aromatic heterocycles. The Labute approximate surface area is 94.2 Å². The predicted molar refractivity (Wildman–Crippen MR) is 62.7 cm³/mol. The van der Waals surface area contributed by atoms with Crippen LogP contribution < -0.4 is 0 Å². The molecular weight excluding hydrogens is 200 g/mol. The molecule has 0 heterocycles. The van der Waals surface area contributed by atoms with Gasteiger partial charge in [-0.25, -0.2) is 0 Å². The molecule has 0 aliphatic rings. The van der Waals surface area contributed by atoms with E-state index in [0.29, 0.717) is 17.5 Å². The van der Waals surface area contributed by atoms with Crippen LogP contribution in [0.2, 0.25) is 0 Å². The van der Waals surface area contributed by atoms with Crippen molar-refractivity contribution in [1.82, 2.24) is 0 Å². The third kappa shape index (κ3) is 2.11. The fourth-order valence-electron chi connectivity index (χ4n) is 1.70. The van der Waals surface area contributed by atoms with Gasteiger partial charge in [-0.2, -0.15) is 0 Å². The van der Waals surface area contributed by atoms with Gasteiger partial charge >= 0.3 is 0 Å². The van der Waals surface area contributed by atoms with Crippen LogP contribution in [0.5, 0.6) is 5.75 Å². The van der Waals surface area contributed by atoms with Gasteiger partial charge in [0.1, 0.15) is 12.0 Å². The van der Waals surface area contributed by atoms with Gasteiger partial charge in [-0.1, -0.05) is 42.5 Å². The van der Waals surface area contributed by atoms with Crippen molar-refractivity contribution < 1.29 is 9.90 Å². The van der Waals surface area contributed by atoms with Crippen LogP contribution in [0, 0.1) is 0 Å². The highest BCUT2D eigenvalue weighted by Gasteiger charge is 2.07. The van der Waals surface area contributed by atoms with Gasteiger partial charge in [0, 0.05) is 17.5 Å². The second kappa shape index (κ2) is 4.62. The first-order chi connectivity index (χ1) is 7.81. The summed E-state index contributed by atoms with van der Waals surface area (Å²) in [5.41, 5.74) is 2.31. The number of hydrogen-bond acceptors (Lipinski definition) is 2. The fraction of sp³-hybridized carbons (Fsp3) is 0.0714. The maximum Gasteiger partial charge on any atom is 0.150 e. The molecule has 2 nitrogen and oxygen atoms in total. The van der Waals surface area contributed by atoms with Crippen LogP contribution >= 0.6 is 0 Å². The van der Waals surface area contributed by atoms with Gasteiger partial charge in [-0.05, 0) is 11.6 Å². The molecule has 2 aromatic carbocycles. The lowest BCUT2D eigenvalue weighted by molar-refractivity contribution is 0.112. The summed E-state index contributed by atoms with van der Waals surface area (Å²) in [6.45, 7) is 0. The van der Waals surface area contributed by atoms with Crippen LogP contribution in [0.1, 0.15) is 21.5 Å². The topological polar surface area (TPSA) is 37.3 Å². The molecule has 0 saturated carbocycles. The Morgan fingerprint density at radius 1 is 1.00 bits per heavy atom. The molecule has 0 aliphatic heterocycles. The van der Waals surface area contributed by atoms with Gasteiger partial charge in [-0.3, -0.25) is 4.79 Å². The third-order valence-corrected chi connectivity index (χ3v) is 2.54. The molecule has 1 N–H and O–H groups in total. The number of hydrogen-bond donors (Lipinski definition) is 1. The normalized spacial score (nSPS) is 10.0. The lowest BCUT2D eigenvalue weighted by Crippen LogP contribution is -1.94. The first kappa shape index (κ1) is 10.4. The van der Waals surface area contributed by atoms with Crippen molar-refractivity contribution in [3.05, 3.63) is 65.2 Å². The summed E-state index contributed by atoms with van der Waals surface area (Å²) in [5, 5.41) is 9.72. The monoisotopic (exact) mass is 212 g/mol. The van der Waals surface area contributed by atoms with E-state index >= 15 is 0 Å². The summed E-state index contributed by atoms with van der Waals surface area (Å²) in [4.78, 5) is 10.9. The molecule has 0 amide bonds. The molecular formula is C14H12O2. The Morgan fingerprint density at radius 2 is 1.75 bits per heavy atom. The smallest absolute Gasteiger partial charge is 0.150 e. The number of phenolic OH excluding ortho intramolecular Hbond substituents is 1. The van der Waals surface area contributed by atoms with Crippen LogP contribution in [0.15, 0.2) is 48.5 Å². The Balaban J connectivity index is 2.38. The van der Waals surface area contributed by atoms with Crippen LogP contribution in [0.25, 0.3) is 0 Å². The van der Waals surface area contributed by atoms with E-state index in [4.69, 9.17) is 0 Å². The van der Waals surface area contributed by atoms with Crippen molar-refractivity contribution in [2.45, 2.75) is 6.42 Å². The molecule has 0 spiro atoms. The average Bonchev–Trinajstić information content (AvgIpc) is 2.33. The maximum absolute atomic E-state index is 10.9. The van der Waals surface area contributed by atoms with Crippen molar-refractivity contribution >= 4 is 6.29 Å². The van der Waals surface area contributed by atoms with E-state index in [0.717, 1.165) is 11.8 Å². The van der Waals surface area contributed by atoms with Crippen molar-refractivity contribution in [2.24, 2.45) is 0 Å². The molecule has 2 aromatic rings. The zero-order chi connectivity index (χ0) is 11.4. The van der Waals surface area contributed by atoms with E-state index in [2.05, 4.69) is 0 Å². The number of aromatic hydroxyl groups is 1. The quantitative estimate of drug-likeness (QED) is 0.794. The molecule has 0 aliphatic carbocycles. The molecule has 2 rings (SSSR count). The number of phenols is 1. The minimum Gasteiger partial charge on any atom is -0.508 e. The molecule has 16 heavy (non-hydrogen) atoms. The largest absolute Gasteiger partial charge is 0.508 e. The van der Waals surface area contributed by atoms with Gasteiger partial charge in [0.2, 0.25) is 0 Å². The SMILES string of the molecule is O=Cc1cccc(O)c1Cc1ccccc1. The summed E-state index contributed by atoms with van der Waals surface area (Å²) in [6, 6.07) is 14.8. The second-order valence-electron chi connectivity index (χ2n) is 3.63. The van der Waals surface area contributed by atoms with Gasteiger partial charge in [0.15, 0.2) is 0 Å². The minimum atomic E-state index is 0.174. The lowest BCUT2D eigenvalue weighted by Gasteiger charge is -2.07. The van der Waals surface area contributed by atoms with Crippen molar-refractivity contribution in [3.63, 3.8) is 0 Å². The molecule has 2 heteroatoms. The Morgan fingerprint density at radius 3 is 2.44 bits per heavy atom. The first-order valence-electron chi connectivity index (χ1n) is 5.11. The minimum absolute atomic E-state index is 0.174. The number of carbonyl (C=O) groups excluding carboxylic acids is 1. The number of rotatable bonds is 3. The van der Waals surface area contributed by atoms with Crippen LogP contribution in [-0.4, -0.2) is 11.4 Å². The highest BCUT2D eigenvalue weighted by Crippen LogP contribution is 2.23. The van der Waals surface area contributed by atoms with Crippen LogP contribution in [0.4, 0.5) is 0 Å². The van der Waals surface area contributed by atoms with E-state index in [1.165, 1.54) is 0 Å². The first-order valence-corrected chi connectivity index (χ1v) is 5.11. The predicted octanol–water partition coefficient (Wildman–Crippen LogP) is 2.80. The molecule has 0 radical (unpaired) electrons. The molecule has 80 valence electrons. The molecule has 0 unspecified atom stereocenters. The van der Waals surface area contributed by atoms with E-state index in [-0.39, 0.29) is 5.75 Å². The van der Waals surface area contributed by atoms with Gasteiger partial charge < -0.3 is 5.11 Å². The van der Waals surface area contributed by atoms with E-state index in [1.807, 2.05) is 30.3 Å². The summed E-state index contributed by atoms with van der Waals surface area (Å²) >= 11 is 0. The lowest BCUT2D eigenvalue weighted by atomic mass is 9.99. The summed E-state index contributed by atoms with van der Waals surface area (Å²) in [6.07, 6.45) is 1.35. The maximum atomic E-state index is 10.9.